The molecule has 6 heteroatoms. The lowest BCUT2D eigenvalue weighted by molar-refractivity contribution is 0.0356. The fourth-order valence-corrected chi connectivity index (χ4v) is 1.64. The van der Waals surface area contributed by atoms with Gasteiger partial charge in [-0.15, -0.1) is 10.2 Å². The molecule has 0 spiro atoms. The molecule has 0 aliphatic heterocycles. The van der Waals surface area contributed by atoms with Gasteiger partial charge in [-0.1, -0.05) is 12.1 Å². The summed E-state index contributed by atoms with van der Waals surface area (Å²) in [6.07, 6.45) is 0.539. The number of ether oxygens (including phenoxy) is 1. The van der Waals surface area contributed by atoms with Crippen molar-refractivity contribution in [2.24, 2.45) is 0 Å². The molecular weight excluding hydrogens is 244 g/mol. The first-order valence-corrected chi connectivity index (χ1v) is 6.15. The summed E-state index contributed by atoms with van der Waals surface area (Å²) in [5.74, 6) is 0.413. The van der Waals surface area contributed by atoms with Crippen LogP contribution in [0.25, 0.3) is 11.0 Å². The average molecular weight is 262 g/mol. The van der Waals surface area contributed by atoms with Crippen LogP contribution in [0.15, 0.2) is 24.3 Å². The second-order valence-electron chi connectivity index (χ2n) is 4.72. The Labute approximate surface area is 111 Å². The zero-order valence-corrected chi connectivity index (χ0v) is 11.1. The van der Waals surface area contributed by atoms with Gasteiger partial charge in [-0.25, -0.2) is 4.98 Å². The third-order valence-corrected chi connectivity index (χ3v) is 2.83. The SMILES string of the molecule is COCCC(C)(O)CNc1nnc2ccccc2n1. The van der Waals surface area contributed by atoms with Crippen LogP contribution in [0.4, 0.5) is 5.95 Å². The molecule has 0 saturated heterocycles. The number of benzene rings is 1. The van der Waals surface area contributed by atoms with Crippen LogP contribution in [-0.4, -0.2) is 46.2 Å². The highest BCUT2D eigenvalue weighted by Gasteiger charge is 2.20. The molecule has 1 aromatic carbocycles. The molecule has 102 valence electrons. The summed E-state index contributed by atoms with van der Waals surface area (Å²) in [7, 11) is 1.61. The van der Waals surface area contributed by atoms with Gasteiger partial charge in [-0.3, -0.25) is 0 Å². The number of hydrogen-bond donors (Lipinski definition) is 2. The smallest absolute Gasteiger partial charge is 0.243 e. The van der Waals surface area contributed by atoms with E-state index in [4.69, 9.17) is 4.74 Å². The Morgan fingerprint density at radius 3 is 2.74 bits per heavy atom. The van der Waals surface area contributed by atoms with Crippen molar-refractivity contribution < 1.29 is 9.84 Å². The van der Waals surface area contributed by atoms with Gasteiger partial charge in [0.25, 0.3) is 0 Å². The number of hydrogen-bond acceptors (Lipinski definition) is 6. The normalized spacial score (nSPS) is 14.3. The Morgan fingerprint density at radius 2 is 2.00 bits per heavy atom. The van der Waals surface area contributed by atoms with E-state index in [1.807, 2.05) is 24.3 Å². The molecule has 19 heavy (non-hydrogen) atoms. The van der Waals surface area contributed by atoms with Crippen molar-refractivity contribution in [1.29, 1.82) is 0 Å². The summed E-state index contributed by atoms with van der Waals surface area (Å²) in [4.78, 5) is 4.33. The van der Waals surface area contributed by atoms with Gasteiger partial charge in [-0.05, 0) is 19.1 Å². The first kappa shape index (κ1) is 13.6. The maximum absolute atomic E-state index is 10.1. The average Bonchev–Trinajstić information content (AvgIpc) is 2.43. The Balaban J connectivity index is 2.01. The molecule has 2 aromatic rings. The number of nitrogens with zero attached hydrogens (tertiary/aromatic N) is 3. The minimum Gasteiger partial charge on any atom is -0.388 e. The van der Waals surface area contributed by atoms with Crippen molar-refractivity contribution in [3.05, 3.63) is 24.3 Å². The molecule has 0 aliphatic rings. The van der Waals surface area contributed by atoms with Gasteiger partial charge in [0, 0.05) is 26.7 Å². The van der Waals surface area contributed by atoms with Crippen LogP contribution in [-0.2, 0) is 4.74 Å². The fraction of sp³-hybridized carbons (Fsp3) is 0.462. The quantitative estimate of drug-likeness (QED) is 0.815. The van der Waals surface area contributed by atoms with E-state index >= 15 is 0 Å². The van der Waals surface area contributed by atoms with E-state index in [1.165, 1.54) is 0 Å². The summed E-state index contributed by atoms with van der Waals surface area (Å²) >= 11 is 0. The number of aromatic nitrogens is 3. The van der Waals surface area contributed by atoms with E-state index in [-0.39, 0.29) is 0 Å². The van der Waals surface area contributed by atoms with Gasteiger partial charge in [0.2, 0.25) is 5.95 Å². The maximum atomic E-state index is 10.1. The van der Waals surface area contributed by atoms with Crippen molar-refractivity contribution in [3.8, 4) is 0 Å². The molecule has 1 aromatic heterocycles. The lowest BCUT2D eigenvalue weighted by atomic mass is 10.0. The van der Waals surface area contributed by atoms with Crippen LogP contribution in [0, 0.1) is 0 Å². The van der Waals surface area contributed by atoms with Crippen molar-refractivity contribution in [2.45, 2.75) is 18.9 Å². The largest absolute Gasteiger partial charge is 0.388 e. The molecule has 1 unspecified atom stereocenters. The Bertz CT molecular complexity index is 545. The molecule has 6 nitrogen and oxygen atoms in total. The van der Waals surface area contributed by atoms with Gasteiger partial charge in [0.1, 0.15) is 5.52 Å². The Kier molecular flexibility index (Phi) is 4.24. The van der Waals surface area contributed by atoms with Gasteiger partial charge in [-0.2, -0.15) is 0 Å². The minimum atomic E-state index is -0.870. The predicted octanol–water partition coefficient (Wildman–Crippen LogP) is 1.22. The van der Waals surface area contributed by atoms with E-state index in [1.54, 1.807) is 14.0 Å². The lowest BCUT2D eigenvalue weighted by Crippen LogP contribution is -2.35. The van der Waals surface area contributed by atoms with Crippen LogP contribution in [0.5, 0.6) is 0 Å². The summed E-state index contributed by atoms with van der Waals surface area (Å²) in [6, 6.07) is 7.52. The minimum absolute atomic E-state index is 0.344. The molecule has 0 fully saturated rings. The highest BCUT2D eigenvalue weighted by Crippen LogP contribution is 2.12. The number of methoxy groups -OCH3 is 1. The fourth-order valence-electron chi connectivity index (χ4n) is 1.64. The number of para-hydroxylation sites is 1. The first-order valence-electron chi connectivity index (χ1n) is 6.15. The highest BCUT2D eigenvalue weighted by molar-refractivity contribution is 5.73. The van der Waals surface area contributed by atoms with Crippen molar-refractivity contribution in [2.75, 3.05) is 25.6 Å². The zero-order chi connectivity index (χ0) is 13.7. The van der Waals surface area contributed by atoms with E-state index in [2.05, 4.69) is 20.5 Å². The van der Waals surface area contributed by atoms with Crippen LogP contribution in [0.1, 0.15) is 13.3 Å². The number of rotatable bonds is 6. The maximum Gasteiger partial charge on any atom is 0.243 e. The van der Waals surface area contributed by atoms with E-state index < -0.39 is 5.60 Å². The van der Waals surface area contributed by atoms with Crippen molar-refractivity contribution in [3.63, 3.8) is 0 Å². The van der Waals surface area contributed by atoms with Gasteiger partial charge < -0.3 is 15.2 Å². The zero-order valence-electron chi connectivity index (χ0n) is 11.1. The van der Waals surface area contributed by atoms with Crippen LogP contribution < -0.4 is 5.32 Å². The van der Waals surface area contributed by atoms with Crippen LogP contribution >= 0.6 is 0 Å². The topological polar surface area (TPSA) is 80.2 Å². The monoisotopic (exact) mass is 262 g/mol. The molecule has 0 saturated carbocycles. The number of aliphatic hydroxyl groups is 1. The van der Waals surface area contributed by atoms with Crippen LogP contribution in [0.2, 0.25) is 0 Å². The summed E-state index contributed by atoms with van der Waals surface area (Å²) < 4.78 is 4.96. The standard InChI is InChI=1S/C13H18N4O2/c1-13(18,7-8-19-2)9-14-12-15-10-5-3-4-6-11(10)16-17-12/h3-6,18H,7-9H2,1-2H3,(H,14,15,17). The van der Waals surface area contributed by atoms with Crippen molar-refractivity contribution in [1.82, 2.24) is 15.2 Å². The molecule has 0 amide bonds. The predicted molar refractivity (Wildman–Crippen MR) is 72.9 cm³/mol. The number of nitrogens with one attached hydrogen (secondary N) is 1. The third-order valence-electron chi connectivity index (χ3n) is 2.83. The van der Waals surface area contributed by atoms with Gasteiger partial charge in [0.05, 0.1) is 11.1 Å². The molecule has 0 bridgehead atoms. The molecular formula is C13H18N4O2. The number of fused-ring (bicyclic) bond motifs is 1. The van der Waals surface area contributed by atoms with E-state index in [0.29, 0.717) is 25.5 Å². The Morgan fingerprint density at radius 1 is 1.26 bits per heavy atom. The van der Waals surface area contributed by atoms with E-state index in [9.17, 15) is 5.11 Å². The second kappa shape index (κ2) is 5.90. The van der Waals surface area contributed by atoms with Gasteiger partial charge in [0.15, 0.2) is 0 Å². The summed E-state index contributed by atoms with van der Waals surface area (Å²) in [5.41, 5.74) is 0.654. The van der Waals surface area contributed by atoms with Crippen molar-refractivity contribution >= 4 is 17.0 Å². The number of anilines is 1. The first-order chi connectivity index (χ1) is 9.11. The Hall–Kier alpha value is -1.79. The molecule has 2 rings (SSSR count). The highest BCUT2D eigenvalue weighted by atomic mass is 16.5. The second-order valence-corrected chi connectivity index (χ2v) is 4.72. The van der Waals surface area contributed by atoms with Crippen LogP contribution in [0.3, 0.4) is 0 Å². The third kappa shape index (κ3) is 3.84. The summed E-state index contributed by atoms with van der Waals surface area (Å²) in [6.45, 7) is 2.59. The molecule has 1 atom stereocenters. The lowest BCUT2D eigenvalue weighted by Gasteiger charge is -2.22. The molecule has 0 aliphatic carbocycles. The molecule has 0 radical (unpaired) electrons. The summed E-state index contributed by atoms with van der Waals surface area (Å²) in [5, 5.41) is 21.1. The molecule has 2 N–H and O–H groups in total. The molecule has 1 heterocycles. The van der Waals surface area contributed by atoms with Gasteiger partial charge >= 0.3 is 0 Å². The van der Waals surface area contributed by atoms with E-state index in [0.717, 1.165) is 11.0 Å².